The van der Waals surface area contributed by atoms with Gasteiger partial charge in [0.05, 0.1) is 18.8 Å². The Balaban J connectivity index is 2.22. The highest BCUT2D eigenvalue weighted by Gasteiger charge is 2.68. The summed E-state index contributed by atoms with van der Waals surface area (Å²) in [6.07, 6.45) is 3.39. The summed E-state index contributed by atoms with van der Waals surface area (Å²) in [5.41, 5.74) is -0.646. The molecule has 1 saturated heterocycles. The van der Waals surface area contributed by atoms with Gasteiger partial charge in [0.2, 0.25) is 5.79 Å². The first kappa shape index (κ1) is 38.7. The van der Waals surface area contributed by atoms with E-state index in [1.807, 2.05) is 49.4 Å². The predicted octanol–water partition coefficient (Wildman–Crippen LogP) is 7.22. The van der Waals surface area contributed by atoms with Crippen LogP contribution in [0.1, 0.15) is 96.8 Å². The van der Waals surface area contributed by atoms with Gasteiger partial charge in [-0.25, -0.2) is 0 Å². The van der Waals surface area contributed by atoms with Gasteiger partial charge in [0.15, 0.2) is 5.60 Å². The first-order valence-electron chi connectivity index (χ1n) is 17.0. The average molecular weight is 665 g/mol. The van der Waals surface area contributed by atoms with E-state index in [0.717, 1.165) is 55.4 Å². The lowest BCUT2D eigenvalue weighted by Gasteiger charge is -2.60. The van der Waals surface area contributed by atoms with Gasteiger partial charge >= 0.3 is 0 Å². The quantitative estimate of drug-likeness (QED) is 0.143. The van der Waals surface area contributed by atoms with Crippen LogP contribution < -0.4 is 4.74 Å². The van der Waals surface area contributed by atoms with Crippen molar-refractivity contribution in [1.29, 1.82) is 0 Å². The molecule has 0 aliphatic carbocycles. The van der Waals surface area contributed by atoms with Crippen LogP contribution in [-0.2, 0) is 35.9 Å². The van der Waals surface area contributed by atoms with Crippen LogP contribution in [0.5, 0.6) is 5.75 Å². The highest BCUT2D eigenvalue weighted by atomic mass is 35.5. The topological polar surface area (TPSA) is 95.8 Å². The van der Waals surface area contributed by atoms with Gasteiger partial charge in [-0.05, 0) is 81.8 Å². The smallest absolute Gasteiger partial charge is 0.225 e. The monoisotopic (exact) mass is 664 g/mol. The van der Waals surface area contributed by atoms with Gasteiger partial charge < -0.3 is 38.6 Å². The number of aliphatic hydroxyl groups excluding tert-OH is 1. The molecule has 1 aliphatic rings. The summed E-state index contributed by atoms with van der Waals surface area (Å²) in [4.78, 5) is 0. The zero-order valence-corrected chi connectivity index (χ0v) is 29.7. The molecule has 0 aromatic heterocycles. The van der Waals surface area contributed by atoms with Crippen molar-refractivity contribution in [2.45, 2.75) is 122 Å². The van der Waals surface area contributed by atoms with E-state index < -0.39 is 41.9 Å². The Hall–Kier alpha value is -1.75. The van der Waals surface area contributed by atoms with Crippen LogP contribution in [0.25, 0.3) is 0 Å². The molecule has 2 aromatic rings. The molecule has 1 aliphatic heterocycles. The first-order valence-corrected chi connectivity index (χ1v) is 17.4. The summed E-state index contributed by atoms with van der Waals surface area (Å²) in [5.74, 6) is -0.778. The SMILES string of the molecule is CCCCO[C@@H]1[C@@H](OCCCC)[C@](OC)(c2ccc(Cl)c(Cc3ccc(OCC)cc3)c2)O[C@@](CO)(C(C)(C)O)[C@H]1OCCCC. The van der Waals surface area contributed by atoms with Gasteiger partial charge in [0.25, 0.3) is 0 Å². The Morgan fingerprint density at radius 2 is 1.43 bits per heavy atom. The summed E-state index contributed by atoms with van der Waals surface area (Å²) in [5, 5.41) is 23.6. The molecule has 9 heteroatoms. The molecule has 8 nitrogen and oxygen atoms in total. The molecule has 0 radical (unpaired) electrons. The van der Waals surface area contributed by atoms with Crippen molar-refractivity contribution in [2.75, 3.05) is 40.1 Å². The molecule has 0 spiro atoms. The molecule has 1 fully saturated rings. The molecule has 1 heterocycles. The molecular weight excluding hydrogens is 608 g/mol. The van der Waals surface area contributed by atoms with Crippen LogP contribution in [0.2, 0.25) is 5.02 Å². The second-order valence-electron chi connectivity index (χ2n) is 12.6. The van der Waals surface area contributed by atoms with E-state index in [0.29, 0.717) is 43.4 Å². The lowest BCUT2D eigenvalue weighted by atomic mass is 9.73. The third kappa shape index (κ3) is 8.83. The average Bonchev–Trinajstić information content (AvgIpc) is 3.04. The Kier molecular flexibility index (Phi) is 15.3. The summed E-state index contributed by atoms with van der Waals surface area (Å²) in [7, 11) is 1.56. The van der Waals surface area contributed by atoms with Crippen molar-refractivity contribution < 1.29 is 38.6 Å². The van der Waals surface area contributed by atoms with E-state index >= 15 is 0 Å². The Bertz CT molecular complexity index is 1170. The second-order valence-corrected chi connectivity index (χ2v) is 13.0. The molecule has 0 bridgehead atoms. The highest BCUT2D eigenvalue weighted by molar-refractivity contribution is 6.31. The number of rotatable bonds is 20. The fraction of sp³-hybridized carbons (Fsp3) is 0.676. The highest BCUT2D eigenvalue weighted by Crippen LogP contribution is 2.51. The summed E-state index contributed by atoms with van der Waals surface area (Å²) >= 11 is 6.79. The molecule has 0 saturated carbocycles. The van der Waals surface area contributed by atoms with Gasteiger partial charge in [-0.2, -0.15) is 0 Å². The Morgan fingerprint density at radius 3 is 1.96 bits per heavy atom. The van der Waals surface area contributed by atoms with Gasteiger partial charge in [-0.1, -0.05) is 69.8 Å². The van der Waals surface area contributed by atoms with E-state index in [1.165, 1.54) is 0 Å². The fourth-order valence-corrected chi connectivity index (χ4v) is 6.20. The minimum absolute atomic E-state index is 0.408. The van der Waals surface area contributed by atoms with Crippen LogP contribution >= 0.6 is 11.6 Å². The van der Waals surface area contributed by atoms with E-state index in [4.69, 9.17) is 40.0 Å². The van der Waals surface area contributed by atoms with Crippen molar-refractivity contribution in [2.24, 2.45) is 0 Å². The summed E-state index contributed by atoms with van der Waals surface area (Å²) < 4.78 is 38.9. The number of hydrogen-bond donors (Lipinski definition) is 2. The standard InChI is InChI=1S/C37H57ClO8/c1-8-12-21-43-32-33(44-22-13-9-2)36(26-39,35(5,6)40)46-37(41-7,34(32)45-23-14-10-3)29-17-20-31(38)28(25-29)24-27-15-18-30(19-16-27)42-11-4/h15-20,25,32-34,39-40H,8-14,21-24,26H2,1-7H3/t32-,33-,34+,36+,37-/m0/s1. The largest absolute Gasteiger partial charge is 0.494 e. The molecule has 2 aromatic carbocycles. The number of methoxy groups -OCH3 is 1. The zero-order chi connectivity index (χ0) is 33.8. The predicted molar refractivity (Wildman–Crippen MR) is 182 cm³/mol. The molecule has 0 unspecified atom stereocenters. The maximum absolute atomic E-state index is 11.8. The molecule has 3 rings (SSSR count). The van der Waals surface area contributed by atoms with Gasteiger partial charge in [0.1, 0.15) is 24.1 Å². The number of benzene rings is 2. The van der Waals surface area contributed by atoms with E-state index in [2.05, 4.69) is 20.8 Å². The number of unbranched alkanes of at least 4 members (excludes halogenated alkanes) is 3. The minimum atomic E-state index is -1.63. The zero-order valence-electron chi connectivity index (χ0n) is 29.0. The Morgan fingerprint density at radius 1 is 0.848 bits per heavy atom. The number of aliphatic hydroxyl groups is 2. The van der Waals surface area contributed by atoms with Crippen molar-refractivity contribution in [1.82, 2.24) is 0 Å². The lowest BCUT2D eigenvalue weighted by Crippen LogP contribution is -2.77. The summed E-state index contributed by atoms with van der Waals surface area (Å²) in [6, 6.07) is 13.6. The molecular formula is C37H57ClO8. The third-order valence-electron chi connectivity index (χ3n) is 8.81. The third-order valence-corrected chi connectivity index (χ3v) is 9.18. The molecule has 260 valence electrons. The first-order chi connectivity index (χ1) is 22.1. The van der Waals surface area contributed by atoms with Gasteiger partial charge in [-0.3, -0.25) is 0 Å². The number of ether oxygens (including phenoxy) is 6. The van der Waals surface area contributed by atoms with Crippen molar-refractivity contribution >= 4 is 11.6 Å². The number of halogens is 1. The maximum Gasteiger partial charge on any atom is 0.225 e. The maximum atomic E-state index is 11.8. The Labute approximate surface area is 281 Å². The van der Waals surface area contributed by atoms with Crippen molar-refractivity contribution in [3.8, 4) is 5.75 Å². The van der Waals surface area contributed by atoms with Crippen molar-refractivity contribution in [3.05, 3.63) is 64.2 Å². The molecule has 2 N–H and O–H groups in total. The molecule has 0 amide bonds. The van der Waals surface area contributed by atoms with Gasteiger partial charge in [0, 0.05) is 37.5 Å². The molecule has 5 atom stereocenters. The normalized spacial score (nSPS) is 25.1. The van der Waals surface area contributed by atoms with Crippen LogP contribution in [0.4, 0.5) is 0 Å². The summed E-state index contributed by atoms with van der Waals surface area (Å²) in [6.45, 7) is 12.8. The van der Waals surface area contributed by atoms with Crippen LogP contribution in [0.15, 0.2) is 42.5 Å². The van der Waals surface area contributed by atoms with E-state index in [1.54, 1.807) is 21.0 Å². The minimum Gasteiger partial charge on any atom is -0.494 e. The van der Waals surface area contributed by atoms with Gasteiger partial charge in [-0.15, -0.1) is 0 Å². The second kappa shape index (κ2) is 18.1. The lowest BCUT2D eigenvalue weighted by molar-refractivity contribution is -0.432. The van der Waals surface area contributed by atoms with Crippen LogP contribution in [0, 0.1) is 0 Å². The van der Waals surface area contributed by atoms with Crippen LogP contribution in [-0.4, -0.2) is 79.9 Å². The molecule has 46 heavy (non-hydrogen) atoms. The van der Waals surface area contributed by atoms with Crippen molar-refractivity contribution in [3.63, 3.8) is 0 Å². The van der Waals surface area contributed by atoms with E-state index in [-0.39, 0.29) is 0 Å². The van der Waals surface area contributed by atoms with Crippen LogP contribution in [0.3, 0.4) is 0 Å². The van der Waals surface area contributed by atoms with E-state index in [9.17, 15) is 10.2 Å². The fourth-order valence-electron chi connectivity index (χ4n) is 6.01. The number of hydrogen-bond acceptors (Lipinski definition) is 8.